The van der Waals surface area contributed by atoms with Crippen LogP contribution in [0.4, 0.5) is 0 Å². The van der Waals surface area contributed by atoms with Crippen LogP contribution in [0.3, 0.4) is 0 Å². The third-order valence-corrected chi connectivity index (χ3v) is 3.73. The van der Waals surface area contributed by atoms with Crippen molar-refractivity contribution in [3.8, 4) is 0 Å². The molecule has 2 N–H and O–H groups in total. The van der Waals surface area contributed by atoms with E-state index in [1.807, 2.05) is 13.8 Å². The van der Waals surface area contributed by atoms with Gasteiger partial charge in [-0.1, -0.05) is 44.6 Å². The molecule has 0 amide bonds. The minimum atomic E-state index is -1.16. The molecule has 1 aliphatic heterocycles. The zero-order valence-electron chi connectivity index (χ0n) is 13.6. The van der Waals surface area contributed by atoms with Gasteiger partial charge in [-0.15, -0.1) is 0 Å². The maximum absolute atomic E-state index is 12.0. The fourth-order valence-electron chi connectivity index (χ4n) is 1.73. The average molecular weight is 324 g/mol. The summed E-state index contributed by atoms with van der Waals surface area (Å²) < 4.78 is 10.7. The van der Waals surface area contributed by atoms with E-state index in [9.17, 15) is 14.7 Å². The molecule has 0 saturated carbocycles. The number of ether oxygens (including phenoxy) is 2. The summed E-state index contributed by atoms with van der Waals surface area (Å²) in [5, 5.41) is 18.3. The largest absolute Gasteiger partial charge is 0.478 e. The first kappa shape index (κ1) is 19.1. The summed E-state index contributed by atoms with van der Waals surface area (Å²) in [6, 6.07) is 0. The quantitative estimate of drug-likeness (QED) is 0.291. The number of carboxylic acids is 1. The smallest absolute Gasteiger partial charge is 0.335 e. The molecule has 1 aliphatic rings. The summed E-state index contributed by atoms with van der Waals surface area (Å²) in [6.45, 7) is 5.96. The Labute approximate surface area is 136 Å². The van der Waals surface area contributed by atoms with E-state index >= 15 is 0 Å². The number of hydrogen-bond donors (Lipinski definition) is 2. The Hall–Kier alpha value is -1.92. The van der Waals surface area contributed by atoms with Crippen molar-refractivity contribution in [1.82, 2.24) is 0 Å². The summed E-state index contributed by atoms with van der Waals surface area (Å²) in [6.07, 6.45) is 7.76. The molecule has 0 aromatic carbocycles. The second kappa shape index (κ2) is 8.64. The monoisotopic (exact) mass is 324 g/mol. The van der Waals surface area contributed by atoms with E-state index in [1.54, 1.807) is 31.2 Å². The molecule has 128 valence electrons. The second-order valence-corrected chi connectivity index (χ2v) is 5.76. The first-order chi connectivity index (χ1) is 10.8. The number of esters is 1. The van der Waals surface area contributed by atoms with Crippen LogP contribution in [-0.4, -0.2) is 46.6 Å². The molecule has 23 heavy (non-hydrogen) atoms. The van der Waals surface area contributed by atoms with Crippen LogP contribution in [0.15, 0.2) is 36.5 Å². The molecule has 0 radical (unpaired) electrons. The van der Waals surface area contributed by atoms with Crippen LogP contribution in [0.5, 0.6) is 0 Å². The Morgan fingerprint density at radius 3 is 2.43 bits per heavy atom. The Kier molecular flexibility index (Phi) is 7.19. The molecule has 0 aromatic rings. The molecule has 0 bridgehead atoms. The van der Waals surface area contributed by atoms with Crippen molar-refractivity contribution in [3.05, 3.63) is 36.5 Å². The molecule has 1 saturated heterocycles. The Balaban J connectivity index is 2.64. The number of rotatable bonds is 9. The molecule has 4 atom stereocenters. The van der Waals surface area contributed by atoms with E-state index in [1.165, 1.54) is 6.08 Å². The van der Waals surface area contributed by atoms with E-state index in [0.717, 1.165) is 6.08 Å². The molecular weight excluding hydrogens is 300 g/mol. The van der Waals surface area contributed by atoms with Gasteiger partial charge in [0.1, 0.15) is 5.60 Å². The van der Waals surface area contributed by atoms with Gasteiger partial charge in [-0.3, -0.25) is 0 Å². The van der Waals surface area contributed by atoms with E-state index in [4.69, 9.17) is 14.6 Å². The normalized spacial score (nSPS) is 24.9. The van der Waals surface area contributed by atoms with Gasteiger partial charge in [-0.05, 0) is 18.9 Å². The molecule has 4 unspecified atom stereocenters. The first-order valence-corrected chi connectivity index (χ1v) is 7.57. The molecule has 0 spiro atoms. The lowest BCUT2D eigenvalue weighted by molar-refractivity contribution is -0.162. The van der Waals surface area contributed by atoms with Crippen LogP contribution >= 0.6 is 0 Å². The molecule has 1 rings (SSSR count). The first-order valence-electron chi connectivity index (χ1n) is 7.57. The number of hydrogen-bond acceptors (Lipinski definition) is 5. The minimum Gasteiger partial charge on any atom is -0.478 e. The number of allylic oxidation sites excluding steroid dienone is 4. The van der Waals surface area contributed by atoms with Crippen molar-refractivity contribution in [3.63, 3.8) is 0 Å². The predicted octanol–water partition coefficient (Wildman–Crippen LogP) is 1.85. The van der Waals surface area contributed by atoms with Crippen molar-refractivity contribution in [1.29, 1.82) is 0 Å². The van der Waals surface area contributed by atoms with Crippen molar-refractivity contribution in [2.24, 2.45) is 5.92 Å². The highest BCUT2D eigenvalue weighted by Gasteiger charge is 2.48. The van der Waals surface area contributed by atoms with Crippen LogP contribution in [0.2, 0.25) is 0 Å². The van der Waals surface area contributed by atoms with E-state index in [-0.39, 0.29) is 5.92 Å². The lowest BCUT2D eigenvalue weighted by Crippen LogP contribution is -2.37. The zero-order chi connectivity index (χ0) is 17.5. The summed E-state index contributed by atoms with van der Waals surface area (Å²) in [5.41, 5.74) is -0.577. The molecule has 0 aromatic heterocycles. The average Bonchev–Trinajstić information content (AvgIpc) is 3.26. The van der Waals surface area contributed by atoms with Gasteiger partial charge >= 0.3 is 11.9 Å². The fraction of sp³-hybridized carbons (Fsp3) is 0.529. The third-order valence-electron chi connectivity index (χ3n) is 3.73. The number of epoxide rings is 1. The number of aliphatic carboxylic acids is 1. The minimum absolute atomic E-state index is 0.180. The van der Waals surface area contributed by atoms with Crippen molar-refractivity contribution < 1.29 is 29.3 Å². The zero-order valence-corrected chi connectivity index (χ0v) is 13.6. The van der Waals surface area contributed by atoms with Crippen LogP contribution in [0.1, 0.15) is 27.2 Å². The lowest BCUT2D eigenvalue weighted by atomic mass is 10.0. The van der Waals surface area contributed by atoms with Crippen LogP contribution in [0, 0.1) is 5.92 Å². The van der Waals surface area contributed by atoms with Gasteiger partial charge in [0.25, 0.3) is 0 Å². The number of carbonyl (C=O) groups is 2. The molecule has 1 fully saturated rings. The summed E-state index contributed by atoms with van der Waals surface area (Å²) in [4.78, 5) is 22.3. The van der Waals surface area contributed by atoms with Crippen molar-refractivity contribution in [2.45, 2.75) is 45.0 Å². The molecule has 6 nitrogen and oxygen atoms in total. The Morgan fingerprint density at radius 1 is 1.30 bits per heavy atom. The lowest BCUT2D eigenvalue weighted by Gasteiger charge is -2.22. The summed E-state index contributed by atoms with van der Waals surface area (Å²) >= 11 is 0. The van der Waals surface area contributed by atoms with Crippen LogP contribution in [-0.2, 0) is 19.1 Å². The highest BCUT2D eigenvalue weighted by atomic mass is 16.6. The van der Waals surface area contributed by atoms with Gasteiger partial charge in [0.15, 0.2) is 12.2 Å². The highest BCUT2D eigenvalue weighted by molar-refractivity contribution is 5.80. The van der Waals surface area contributed by atoms with Crippen LogP contribution in [0.25, 0.3) is 0 Å². The topological polar surface area (TPSA) is 96.4 Å². The standard InChI is InChI=1S/C17H24O6/c1-4-12(2)15(20)16(21)23-13(17(3)11-22-17)9-7-5-6-8-10-14(18)19/h5-10,12-13,15,20H,4,11H2,1-3H3,(H,18,19)/b6-5-,9-7+,10-8+. The molecule has 6 heteroatoms. The van der Waals surface area contributed by atoms with Gasteiger partial charge in [0, 0.05) is 6.08 Å². The van der Waals surface area contributed by atoms with Gasteiger partial charge < -0.3 is 19.7 Å². The SMILES string of the molecule is CCC(C)C(O)C(=O)OC(/C=C/C=C\C=C\C(=O)O)C1(C)CO1. The number of carboxylic acid groups (broad SMARTS) is 1. The second-order valence-electron chi connectivity index (χ2n) is 5.76. The summed E-state index contributed by atoms with van der Waals surface area (Å²) in [5.74, 6) is -1.87. The summed E-state index contributed by atoms with van der Waals surface area (Å²) in [7, 11) is 0. The van der Waals surface area contributed by atoms with Crippen molar-refractivity contribution >= 4 is 11.9 Å². The van der Waals surface area contributed by atoms with E-state index < -0.39 is 29.7 Å². The number of aliphatic hydroxyl groups is 1. The molecular formula is C17H24O6. The third kappa shape index (κ3) is 6.38. The van der Waals surface area contributed by atoms with Gasteiger partial charge in [0.05, 0.1) is 6.61 Å². The maximum Gasteiger partial charge on any atom is 0.335 e. The molecule has 0 aliphatic carbocycles. The Morgan fingerprint density at radius 2 is 1.91 bits per heavy atom. The van der Waals surface area contributed by atoms with E-state index in [2.05, 4.69) is 0 Å². The van der Waals surface area contributed by atoms with Crippen molar-refractivity contribution in [2.75, 3.05) is 6.61 Å². The number of carbonyl (C=O) groups excluding carboxylic acids is 1. The van der Waals surface area contributed by atoms with Gasteiger partial charge in [-0.2, -0.15) is 0 Å². The Bertz CT molecular complexity index is 501. The maximum atomic E-state index is 12.0. The van der Waals surface area contributed by atoms with E-state index in [0.29, 0.717) is 13.0 Å². The molecule has 1 heterocycles. The van der Waals surface area contributed by atoms with Crippen LogP contribution < -0.4 is 0 Å². The fourth-order valence-corrected chi connectivity index (χ4v) is 1.73. The van der Waals surface area contributed by atoms with Gasteiger partial charge in [0.2, 0.25) is 0 Å². The predicted molar refractivity (Wildman–Crippen MR) is 84.8 cm³/mol. The van der Waals surface area contributed by atoms with Gasteiger partial charge in [-0.25, -0.2) is 9.59 Å². The number of aliphatic hydroxyl groups excluding tert-OH is 1. The highest BCUT2D eigenvalue weighted by Crippen LogP contribution is 2.33.